The van der Waals surface area contributed by atoms with Gasteiger partial charge >= 0.3 is 0 Å². The highest BCUT2D eigenvalue weighted by Gasteiger charge is 2.62. The molecule has 4 unspecified atom stereocenters. The molecule has 160 valence electrons. The lowest BCUT2D eigenvalue weighted by molar-refractivity contribution is -0.174. The normalized spacial score (nSPS) is 51.7. The maximum atomic E-state index is 11.5. The van der Waals surface area contributed by atoms with Gasteiger partial charge in [-0.1, -0.05) is 20.8 Å². The number of aliphatic hydroxyl groups excluding tert-OH is 2. The second-order valence-corrected chi connectivity index (χ2v) is 11.7. The zero-order chi connectivity index (χ0) is 20.3. The average Bonchev–Trinajstić information content (AvgIpc) is 2.98. The van der Waals surface area contributed by atoms with E-state index < -0.39 is 0 Å². The standard InChI is InChI=1S/C25H42O3/c1-15(5-6-16(2)26)19-7-8-20-23-21(10-12-25(19,20)4)24(3)11-9-18(27)13-17(24)14-22(23)28/h15,17-23,27-28H,5-14H2,1-4H3/t15-,17?,18-,19-,20+,21+,22-,23?,24?,25?/m1/s1. The zero-order valence-electron chi connectivity index (χ0n) is 18.5. The van der Waals surface area contributed by atoms with Gasteiger partial charge in [-0.25, -0.2) is 0 Å². The minimum Gasteiger partial charge on any atom is -0.393 e. The summed E-state index contributed by atoms with van der Waals surface area (Å²) in [6.45, 7) is 9.08. The molecule has 4 aliphatic rings. The molecule has 2 N–H and O–H groups in total. The first-order chi connectivity index (χ1) is 13.2. The first-order valence-corrected chi connectivity index (χ1v) is 12.0. The van der Waals surface area contributed by atoms with Crippen LogP contribution in [-0.2, 0) is 4.79 Å². The first-order valence-electron chi connectivity index (χ1n) is 12.0. The molecule has 0 saturated heterocycles. The Morgan fingerprint density at radius 1 is 1.00 bits per heavy atom. The van der Waals surface area contributed by atoms with Crippen molar-refractivity contribution in [3.63, 3.8) is 0 Å². The molecule has 0 spiro atoms. The molecule has 0 radical (unpaired) electrons. The van der Waals surface area contributed by atoms with Crippen molar-refractivity contribution < 1.29 is 15.0 Å². The fourth-order valence-corrected chi connectivity index (χ4v) is 8.81. The number of fused-ring (bicyclic) bond motifs is 5. The van der Waals surface area contributed by atoms with Crippen LogP contribution in [0.1, 0.15) is 91.9 Å². The molecule has 10 atom stereocenters. The van der Waals surface area contributed by atoms with Crippen LogP contribution in [0, 0.1) is 46.3 Å². The predicted molar refractivity (Wildman–Crippen MR) is 112 cm³/mol. The van der Waals surface area contributed by atoms with E-state index in [-0.39, 0.29) is 12.2 Å². The minimum absolute atomic E-state index is 0.159. The Labute approximate surface area is 171 Å². The maximum Gasteiger partial charge on any atom is 0.129 e. The lowest BCUT2D eigenvalue weighted by Gasteiger charge is -2.62. The third-order valence-corrected chi connectivity index (χ3v) is 10.4. The van der Waals surface area contributed by atoms with Gasteiger partial charge in [-0.2, -0.15) is 0 Å². The molecule has 0 aliphatic heterocycles. The van der Waals surface area contributed by atoms with E-state index in [2.05, 4.69) is 20.8 Å². The van der Waals surface area contributed by atoms with Crippen molar-refractivity contribution in [2.75, 3.05) is 0 Å². The van der Waals surface area contributed by atoms with Gasteiger partial charge in [0.15, 0.2) is 0 Å². The number of Topliss-reactive ketones (excluding diaryl/α,β-unsaturated/α-hetero) is 1. The highest BCUT2D eigenvalue weighted by Crippen LogP contribution is 2.68. The number of rotatable bonds is 4. The molecule has 0 amide bonds. The van der Waals surface area contributed by atoms with Gasteiger partial charge in [0.2, 0.25) is 0 Å². The minimum atomic E-state index is -0.190. The summed E-state index contributed by atoms with van der Waals surface area (Å²) >= 11 is 0. The van der Waals surface area contributed by atoms with Gasteiger partial charge in [0.1, 0.15) is 5.78 Å². The molecular weight excluding hydrogens is 348 g/mol. The van der Waals surface area contributed by atoms with E-state index >= 15 is 0 Å². The van der Waals surface area contributed by atoms with Crippen LogP contribution >= 0.6 is 0 Å². The highest BCUT2D eigenvalue weighted by atomic mass is 16.3. The van der Waals surface area contributed by atoms with Gasteiger partial charge in [0.05, 0.1) is 12.2 Å². The van der Waals surface area contributed by atoms with Crippen LogP contribution in [0.25, 0.3) is 0 Å². The molecule has 0 aromatic heterocycles. The molecule has 28 heavy (non-hydrogen) atoms. The average molecular weight is 391 g/mol. The Kier molecular flexibility index (Phi) is 5.49. The molecule has 0 bridgehead atoms. The number of carbonyl (C=O) groups excluding carboxylic acids is 1. The van der Waals surface area contributed by atoms with Gasteiger partial charge in [-0.05, 0) is 111 Å². The van der Waals surface area contributed by atoms with Crippen molar-refractivity contribution in [3.8, 4) is 0 Å². The van der Waals surface area contributed by atoms with Crippen molar-refractivity contribution in [1.82, 2.24) is 0 Å². The largest absolute Gasteiger partial charge is 0.393 e. The first kappa shape index (κ1) is 20.8. The van der Waals surface area contributed by atoms with Crippen molar-refractivity contribution in [3.05, 3.63) is 0 Å². The van der Waals surface area contributed by atoms with Gasteiger partial charge in [0.25, 0.3) is 0 Å². The molecule has 3 nitrogen and oxygen atoms in total. The third kappa shape index (κ3) is 3.20. The molecule has 4 saturated carbocycles. The van der Waals surface area contributed by atoms with Crippen molar-refractivity contribution in [2.45, 2.75) is 104 Å². The van der Waals surface area contributed by atoms with E-state index in [0.29, 0.717) is 52.1 Å². The van der Waals surface area contributed by atoms with Crippen LogP contribution in [0.3, 0.4) is 0 Å². The summed E-state index contributed by atoms with van der Waals surface area (Å²) in [5.41, 5.74) is 0.637. The fourth-order valence-electron chi connectivity index (χ4n) is 8.81. The van der Waals surface area contributed by atoms with Crippen molar-refractivity contribution in [1.29, 1.82) is 0 Å². The summed E-state index contributed by atoms with van der Waals surface area (Å²) in [5.74, 6) is 3.81. The van der Waals surface area contributed by atoms with Crippen LogP contribution in [0.2, 0.25) is 0 Å². The van der Waals surface area contributed by atoms with Crippen LogP contribution in [0.5, 0.6) is 0 Å². The monoisotopic (exact) mass is 390 g/mol. The van der Waals surface area contributed by atoms with E-state index in [1.165, 1.54) is 25.7 Å². The van der Waals surface area contributed by atoms with Crippen LogP contribution in [-0.4, -0.2) is 28.2 Å². The Morgan fingerprint density at radius 3 is 2.39 bits per heavy atom. The third-order valence-electron chi connectivity index (χ3n) is 10.4. The van der Waals surface area contributed by atoms with Gasteiger partial charge < -0.3 is 15.0 Å². The van der Waals surface area contributed by atoms with E-state index in [4.69, 9.17) is 0 Å². The van der Waals surface area contributed by atoms with Gasteiger partial charge in [-0.3, -0.25) is 0 Å². The summed E-state index contributed by atoms with van der Waals surface area (Å²) < 4.78 is 0. The van der Waals surface area contributed by atoms with Gasteiger partial charge in [-0.15, -0.1) is 0 Å². The quantitative estimate of drug-likeness (QED) is 0.711. The second-order valence-electron chi connectivity index (χ2n) is 11.7. The second kappa shape index (κ2) is 7.38. The lowest BCUT2D eigenvalue weighted by atomic mass is 9.43. The summed E-state index contributed by atoms with van der Waals surface area (Å²) in [7, 11) is 0. The molecule has 3 heteroatoms. The Bertz CT molecular complexity index is 603. The van der Waals surface area contributed by atoms with Crippen LogP contribution < -0.4 is 0 Å². The Morgan fingerprint density at radius 2 is 1.68 bits per heavy atom. The number of carbonyl (C=O) groups is 1. The smallest absolute Gasteiger partial charge is 0.129 e. The van der Waals surface area contributed by atoms with E-state index in [1.807, 2.05) is 0 Å². The van der Waals surface area contributed by atoms with E-state index in [1.54, 1.807) is 6.92 Å². The van der Waals surface area contributed by atoms with Crippen molar-refractivity contribution in [2.24, 2.45) is 46.3 Å². The van der Waals surface area contributed by atoms with Crippen LogP contribution in [0.15, 0.2) is 0 Å². The van der Waals surface area contributed by atoms with Crippen molar-refractivity contribution >= 4 is 5.78 Å². The molecule has 4 fully saturated rings. The number of ketones is 1. The fraction of sp³-hybridized carbons (Fsp3) is 0.960. The summed E-state index contributed by atoms with van der Waals surface area (Å²) in [4.78, 5) is 11.5. The Hall–Kier alpha value is -0.410. The Balaban J connectivity index is 1.55. The maximum absolute atomic E-state index is 11.5. The van der Waals surface area contributed by atoms with E-state index in [0.717, 1.165) is 38.5 Å². The molecule has 0 aromatic carbocycles. The molecule has 0 aromatic rings. The lowest BCUT2D eigenvalue weighted by Crippen LogP contribution is -2.58. The molecule has 4 rings (SSSR count). The summed E-state index contributed by atoms with van der Waals surface area (Å²) in [6, 6.07) is 0. The SMILES string of the molecule is CC(=O)CC[C@@H](C)[C@H]1CC[C@H]2C3[C@H](O)CC4C[C@H](O)CCC4(C)[C@H]3CCC12C. The number of aliphatic hydroxyl groups is 2. The predicted octanol–water partition coefficient (Wildman–Crippen LogP) is 4.98. The van der Waals surface area contributed by atoms with Gasteiger partial charge in [0, 0.05) is 6.42 Å². The highest BCUT2D eigenvalue weighted by molar-refractivity contribution is 5.75. The zero-order valence-corrected chi connectivity index (χ0v) is 18.5. The number of hydrogen-bond donors (Lipinski definition) is 2. The topological polar surface area (TPSA) is 57.5 Å². The molecule has 0 heterocycles. The van der Waals surface area contributed by atoms with E-state index in [9.17, 15) is 15.0 Å². The number of hydrogen-bond acceptors (Lipinski definition) is 3. The molecular formula is C25H42O3. The van der Waals surface area contributed by atoms with Crippen LogP contribution in [0.4, 0.5) is 0 Å². The molecule has 4 aliphatic carbocycles. The summed E-state index contributed by atoms with van der Waals surface area (Å²) in [5, 5.41) is 21.5. The summed E-state index contributed by atoms with van der Waals surface area (Å²) in [6.07, 6.45) is 10.3.